The molecule has 112 valence electrons. The second-order valence-corrected chi connectivity index (χ2v) is 4.88. The lowest BCUT2D eigenvalue weighted by atomic mass is 10.0. The zero-order valence-electron chi connectivity index (χ0n) is 12.7. The van der Waals surface area contributed by atoms with Crippen molar-refractivity contribution in [2.75, 3.05) is 20.3 Å². The van der Waals surface area contributed by atoms with Crippen molar-refractivity contribution < 1.29 is 9.53 Å². The Morgan fingerprint density at radius 2 is 1.85 bits per heavy atom. The van der Waals surface area contributed by atoms with Gasteiger partial charge in [-0.1, -0.05) is 44.2 Å². The molecule has 0 heterocycles. The van der Waals surface area contributed by atoms with E-state index < -0.39 is 6.04 Å². The number of amides is 1. The minimum atomic E-state index is -0.603. The van der Waals surface area contributed by atoms with Gasteiger partial charge in [0.15, 0.2) is 0 Å². The third-order valence-electron chi connectivity index (χ3n) is 3.63. The minimum absolute atomic E-state index is 0.0260. The van der Waals surface area contributed by atoms with Gasteiger partial charge in [0.2, 0.25) is 5.91 Å². The Bertz CT molecular complexity index is 391. The number of carbonyl (C=O) groups excluding carboxylic acids is 1. The average molecular weight is 278 g/mol. The molecule has 4 heteroatoms. The molecule has 0 unspecified atom stereocenters. The van der Waals surface area contributed by atoms with E-state index in [0.29, 0.717) is 13.2 Å². The Morgan fingerprint density at radius 3 is 2.35 bits per heavy atom. The molecule has 1 aromatic rings. The summed E-state index contributed by atoms with van der Waals surface area (Å²) >= 11 is 0. The average Bonchev–Trinajstić information content (AvgIpc) is 2.51. The van der Waals surface area contributed by atoms with Crippen molar-refractivity contribution >= 4 is 5.91 Å². The van der Waals surface area contributed by atoms with Crippen LogP contribution in [0.2, 0.25) is 0 Å². The molecule has 4 nitrogen and oxygen atoms in total. The van der Waals surface area contributed by atoms with Crippen LogP contribution in [0.4, 0.5) is 0 Å². The lowest BCUT2D eigenvalue weighted by Crippen LogP contribution is -2.46. The lowest BCUT2D eigenvalue weighted by molar-refractivity contribution is -0.136. The van der Waals surface area contributed by atoms with Crippen LogP contribution in [0.25, 0.3) is 0 Å². The summed E-state index contributed by atoms with van der Waals surface area (Å²) in [6.45, 7) is 5.30. The molecule has 0 aliphatic rings. The Labute approximate surface area is 121 Å². The van der Waals surface area contributed by atoms with Crippen molar-refractivity contribution in [3.63, 3.8) is 0 Å². The normalized spacial score (nSPS) is 12.4. The third-order valence-corrected chi connectivity index (χ3v) is 3.63. The maximum Gasteiger partial charge on any atom is 0.244 e. The molecule has 1 aromatic carbocycles. The molecule has 0 radical (unpaired) electrons. The predicted octanol–water partition coefficient (Wildman–Crippen LogP) is 2.35. The van der Waals surface area contributed by atoms with Gasteiger partial charge in [-0.15, -0.1) is 0 Å². The summed E-state index contributed by atoms with van der Waals surface area (Å²) in [4.78, 5) is 14.5. The molecule has 20 heavy (non-hydrogen) atoms. The highest BCUT2D eigenvalue weighted by Crippen LogP contribution is 2.17. The summed E-state index contributed by atoms with van der Waals surface area (Å²) in [6.07, 6.45) is 1.85. The highest BCUT2D eigenvalue weighted by atomic mass is 16.5. The fraction of sp³-hybridized carbons (Fsp3) is 0.562. The van der Waals surface area contributed by atoms with Gasteiger partial charge >= 0.3 is 0 Å². The molecule has 0 bridgehead atoms. The van der Waals surface area contributed by atoms with Crippen molar-refractivity contribution in [2.45, 2.75) is 38.8 Å². The summed E-state index contributed by atoms with van der Waals surface area (Å²) in [7, 11) is 1.65. The van der Waals surface area contributed by atoms with Crippen LogP contribution in [0.1, 0.15) is 38.3 Å². The summed E-state index contributed by atoms with van der Waals surface area (Å²) in [5, 5.41) is 0. The molecule has 0 aliphatic heterocycles. The zero-order valence-corrected chi connectivity index (χ0v) is 12.7. The van der Waals surface area contributed by atoms with E-state index >= 15 is 0 Å². The second kappa shape index (κ2) is 8.72. The van der Waals surface area contributed by atoms with E-state index in [2.05, 4.69) is 13.8 Å². The Balaban J connectivity index is 2.86. The van der Waals surface area contributed by atoms with Gasteiger partial charge in [-0.25, -0.2) is 0 Å². The van der Waals surface area contributed by atoms with Gasteiger partial charge in [0.1, 0.15) is 6.04 Å². The first-order chi connectivity index (χ1) is 9.65. The van der Waals surface area contributed by atoms with Crippen LogP contribution in [-0.4, -0.2) is 37.1 Å². The Morgan fingerprint density at radius 1 is 1.25 bits per heavy atom. The number of rotatable bonds is 8. The first-order valence-electron chi connectivity index (χ1n) is 7.25. The minimum Gasteiger partial charge on any atom is -0.383 e. The van der Waals surface area contributed by atoms with Crippen molar-refractivity contribution in [3.05, 3.63) is 35.9 Å². The zero-order chi connectivity index (χ0) is 15.0. The van der Waals surface area contributed by atoms with Crippen molar-refractivity contribution in [1.29, 1.82) is 0 Å². The topological polar surface area (TPSA) is 55.6 Å². The fourth-order valence-corrected chi connectivity index (χ4v) is 2.37. The molecule has 0 aromatic heterocycles. The molecule has 0 saturated carbocycles. The van der Waals surface area contributed by atoms with E-state index in [1.54, 1.807) is 7.11 Å². The highest BCUT2D eigenvalue weighted by Gasteiger charge is 2.26. The molecule has 0 spiro atoms. The van der Waals surface area contributed by atoms with Gasteiger partial charge in [-0.3, -0.25) is 4.79 Å². The number of methoxy groups -OCH3 is 1. The van der Waals surface area contributed by atoms with Gasteiger partial charge in [-0.2, -0.15) is 0 Å². The number of benzene rings is 1. The molecule has 1 atom stereocenters. The predicted molar refractivity (Wildman–Crippen MR) is 81.3 cm³/mol. The standard InChI is InChI=1S/C16H26N2O2/c1-4-14(5-2)18(11-12-20-3)16(19)15(17)13-9-7-6-8-10-13/h6-10,14-15H,4-5,11-12,17H2,1-3H3/t15-/m1/s1. The van der Waals surface area contributed by atoms with Crippen molar-refractivity contribution in [2.24, 2.45) is 5.73 Å². The number of hydrogen-bond acceptors (Lipinski definition) is 3. The lowest BCUT2D eigenvalue weighted by Gasteiger charge is -2.32. The van der Waals surface area contributed by atoms with Crippen LogP contribution in [0.15, 0.2) is 30.3 Å². The van der Waals surface area contributed by atoms with E-state index in [0.717, 1.165) is 18.4 Å². The number of nitrogens with zero attached hydrogens (tertiary/aromatic N) is 1. The van der Waals surface area contributed by atoms with Crippen LogP contribution in [-0.2, 0) is 9.53 Å². The van der Waals surface area contributed by atoms with E-state index in [1.165, 1.54) is 0 Å². The number of carbonyl (C=O) groups is 1. The largest absolute Gasteiger partial charge is 0.383 e. The molecule has 0 fully saturated rings. The highest BCUT2D eigenvalue weighted by molar-refractivity contribution is 5.83. The Kier molecular flexibility index (Phi) is 7.26. The maximum absolute atomic E-state index is 12.7. The van der Waals surface area contributed by atoms with Crippen LogP contribution in [0, 0.1) is 0 Å². The van der Waals surface area contributed by atoms with E-state index in [-0.39, 0.29) is 11.9 Å². The molecule has 1 rings (SSSR count). The molecular formula is C16H26N2O2. The molecule has 0 aliphatic carbocycles. The van der Waals surface area contributed by atoms with Crippen molar-refractivity contribution in [3.8, 4) is 0 Å². The summed E-state index contributed by atoms with van der Waals surface area (Å²) in [5.74, 6) is -0.0260. The van der Waals surface area contributed by atoms with E-state index in [1.807, 2.05) is 35.2 Å². The first-order valence-corrected chi connectivity index (χ1v) is 7.25. The summed E-state index contributed by atoms with van der Waals surface area (Å²) in [6, 6.07) is 9.12. The van der Waals surface area contributed by atoms with Crippen LogP contribution in [0.5, 0.6) is 0 Å². The van der Waals surface area contributed by atoms with Crippen LogP contribution >= 0.6 is 0 Å². The first kappa shape index (κ1) is 16.7. The van der Waals surface area contributed by atoms with Crippen LogP contribution in [0.3, 0.4) is 0 Å². The molecule has 0 saturated heterocycles. The van der Waals surface area contributed by atoms with Gasteiger partial charge in [-0.05, 0) is 18.4 Å². The van der Waals surface area contributed by atoms with Gasteiger partial charge in [0, 0.05) is 19.7 Å². The molecule has 1 amide bonds. The number of hydrogen-bond donors (Lipinski definition) is 1. The van der Waals surface area contributed by atoms with E-state index in [4.69, 9.17) is 10.5 Å². The van der Waals surface area contributed by atoms with Gasteiger partial charge in [0.25, 0.3) is 0 Å². The number of ether oxygens (including phenoxy) is 1. The maximum atomic E-state index is 12.7. The smallest absolute Gasteiger partial charge is 0.244 e. The van der Waals surface area contributed by atoms with Gasteiger partial charge < -0.3 is 15.4 Å². The Hall–Kier alpha value is -1.39. The summed E-state index contributed by atoms with van der Waals surface area (Å²) < 4.78 is 5.11. The molecular weight excluding hydrogens is 252 g/mol. The third kappa shape index (κ3) is 4.32. The fourth-order valence-electron chi connectivity index (χ4n) is 2.37. The SMILES string of the molecule is CCC(CC)N(CCOC)C(=O)[C@H](N)c1ccccc1. The van der Waals surface area contributed by atoms with Crippen LogP contribution < -0.4 is 5.73 Å². The summed E-state index contributed by atoms with van der Waals surface area (Å²) in [5.41, 5.74) is 6.98. The monoisotopic (exact) mass is 278 g/mol. The molecule has 2 N–H and O–H groups in total. The van der Waals surface area contributed by atoms with E-state index in [9.17, 15) is 4.79 Å². The van der Waals surface area contributed by atoms with Crippen molar-refractivity contribution in [1.82, 2.24) is 4.90 Å². The quantitative estimate of drug-likeness (QED) is 0.794. The number of nitrogens with two attached hydrogens (primary N) is 1. The second-order valence-electron chi connectivity index (χ2n) is 4.88. The van der Waals surface area contributed by atoms with Gasteiger partial charge in [0.05, 0.1) is 6.61 Å².